The maximum Gasteiger partial charge on any atom is 0.292 e. The number of hydrogen-bond acceptors (Lipinski definition) is 5. The van der Waals surface area contributed by atoms with Crippen molar-refractivity contribution in [3.63, 3.8) is 0 Å². The molecule has 0 saturated carbocycles. The molecule has 0 bridgehead atoms. The molecule has 1 aliphatic heterocycles. The highest BCUT2D eigenvalue weighted by atomic mass is 35.5. The number of rotatable bonds is 5. The minimum Gasteiger partial charge on any atom is -0.484 e. The number of ether oxygens (including phenoxy) is 1. The first kappa shape index (κ1) is 18.9. The summed E-state index contributed by atoms with van der Waals surface area (Å²) in [5.74, 6) is -0.451. The van der Waals surface area contributed by atoms with Crippen molar-refractivity contribution in [1.29, 1.82) is 0 Å². The fraction of sp³-hybridized carbons (Fsp3) is 0.278. The highest BCUT2D eigenvalue weighted by Crippen LogP contribution is 2.28. The van der Waals surface area contributed by atoms with Gasteiger partial charge in [-0.05, 0) is 18.2 Å². The second kappa shape index (κ2) is 8.22. The Kier molecular flexibility index (Phi) is 5.75. The largest absolute Gasteiger partial charge is 0.484 e. The lowest BCUT2D eigenvalue weighted by molar-refractivity contribution is -0.384. The molecule has 2 aromatic carbocycles. The molecule has 1 saturated heterocycles. The van der Waals surface area contributed by atoms with E-state index in [1.165, 1.54) is 24.3 Å². The first-order chi connectivity index (χ1) is 13.0. The van der Waals surface area contributed by atoms with Crippen molar-refractivity contribution in [2.24, 2.45) is 0 Å². The van der Waals surface area contributed by atoms with E-state index in [-0.39, 0.29) is 23.2 Å². The van der Waals surface area contributed by atoms with Gasteiger partial charge in [-0.15, -0.1) is 0 Å². The van der Waals surface area contributed by atoms with Crippen LogP contribution >= 0.6 is 11.6 Å². The molecule has 2 aromatic rings. The second-order valence-corrected chi connectivity index (χ2v) is 6.39. The summed E-state index contributed by atoms with van der Waals surface area (Å²) in [6.07, 6.45) is 0. The number of carbonyl (C=O) groups is 1. The van der Waals surface area contributed by atoms with Crippen LogP contribution < -0.4 is 9.64 Å². The third-order valence-corrected chi connectivity index (χ3v) is 4.59. The van der Waals surface area contributed by atoms with Gasteiger partial charge >= 0.3 is 0 Å². The second-order valence-electron chi connectivity index (χ2n) is 5.98. The Morgan fingerprint density at radius 3 is 2.56 bits per heavy atom. The summed E-state index contributed by atoms with van der Waals surface area (Å²) in [6, 6.07) is 10.4. The van der Waals surface area contributed by atoms with Crippen LogP contribution in [0.3, 0.4) is 0 Å². The molecular formula is C18H17ClFN3O4. The monoisotopic (exact) mass is 393 g/mol. The fourth-order valence-corrected chi connectivity index (χ4v) is 3.06. The van der Waals surface area contributed by atoms with Crippen LogP contribution in [0.1, 0.15) is 0 Å². The van der Waals surface area contributed by atoms with E-state index in [9.17, 15) is 19.3 Å². The lowest BCUT2D eigenvalue weighted by Crippen LogP contribution is -2.50. The number of nitro groups is 1. The summed E-state index contributed by atoms with van der Waals surface area (Å²) in [4.78, 5) is 26.6. The molecule has 27 heavy (non-hydrogen) atoms. The van der Waals surface area contributed by atoms with Crippen LogP contribution in [0.4, 0.5) is 15.8 Å². The Bertz CT molecular complexity index is 856. The molecule has 0 spiro atoms. The molecule has 0 aromatic heterocycles. The number of para-hydroxylation sites is 2. The average molecular weight is 394 g/mol. The van der Waals surface area contributed by atoms with Crippen molar-refractivity contribution >= 4 is 28.9 Å². The smallest absolute Gasteiger partial charge is 0.292 e. The number of halogens is 2. The molecule has 0 atom stereocenters. The minimum atomic E-state index is -0.554. The number of amides is 1. The molecule has 1 heterocycles. The predicted molar refractivity (Wildman–Crippen MR) is 98.8 cm³/mol. The van der Waals surface area contributed by atoms with Gasteiger partial charge in [0, 0.05) is 38.3 Å². The maximum atomic E-state index is 13.1. The Morgan fingerprint density at radius 1 is 1.19 bits per heavy atom. The van der Waals surface area contributed by atoms with Gasteiger partial charge in [0.1, 0.15) is 17.3 Å². The van der Waals surface area contributed by atoms with Crippen molar-refractivity contribution in [2.75, 3.05) is 37.7 Å². The first-order valence-corrected chi connectivity index (χ1v) is 8.67. The molecule has 142 valence electrons. The molecule has 0 unspecified atom stereocenters. The SMILES string of the molecule is O=C(COc1ccc(F)c(Cl)c1)N1CCN(c2ccccc2[N+](=O)[O-])CC1. The van der Waals surface area contributed by atoms with Crippen molar-refractivity contribution in [3.8, 4) is 5.75 Å². The standard InChI is InChI=1S/C18H17ClFN3O4/c19-14-11-13(5-6-15(14)20)27-12-18(24)22-9-7-21(8-10-22)16-3-1-2-4-17(16)23(25)26/h1-6,11H,7-10,12H2. The topological polar surface area (TPSA) is 75.9 Å². The zero-order valence-electron chi connectivity index (χ0n) is 14.3. The summed E-state index contributed by atoms with van der Waals surface area (Å²) in [5, 5.41) is 11.1. The molecule has 3 rings (SSSR count). The Labute approximate surface area is 160 Å². The highest BCUT2D eigenvalue weighted by Gasteiger charge is 2.25. The van der Waals surface area contributed by atoms with Gasteiger partial charge in [0.05, 0.1) is 9.95 Å². The molecule has 1 amide bonds. The van der Waals surface area contributed by atoms with E-state index >= 15 is 0 Å². The van der Waals surface area contributed by atoms with Gasteiger partial charge in [0.25, 0.3) is 11.6 Å². The van der Waals surface area contributed by atoms with E-state index in [1.54, 1.807) is 23.1 Å². The minimum absolute atomic E-state index is 0.0498. The number of anilines is 1. The lowest BCUT2D eigenvalue weighted by atomic mass is 10.2. The molecule has 0 N–H and O–H groups in total. The number of carbonyl (C=O) groups excluding carboxylic acids is 1. The van der Waals surface area contributed by atoms with Crippen LogP contribution in [0, 0.1) is 15.9 Å². The van der Waals surface area contributed by atoms with E-state index in [1.807, 2.05) is 4.90 Å². The van der Waals surface area contributed by atoms with Crippen molar-refractivity contribution in [3.05, 3.63) is 63.4 Å². The van der Waals surface area contributed by atoms with Crippen LogP contribution in [-0.2, 0) is 4.79 Å². The van der Waals surface area contributed by atoms with Gasteiger partial charge in [0.15, 0.2) is 6.61 Å². The Morgan fingerprint density at radius 2 is 1.89 bits per heavy atom. The van der Waals surface area contributed by atoms with Gasteiger partial charge < -0.3 is 14.5 Å². The predicted octanol–water partition coefficient (Wildman–Crippen LogP) is 3.11. The normalized spacial score (nSPS) is 14.1. The molecule has 1 fully saturated rings. The Balaban J connectivity index is 1.55. The van der Waals surface area contributed by atoms with E-state index in [0.29, 0.717) is 37.6 Å². The summed E-state index contributed by atoms with van der Waals surface area (Å²) < 4.78 is 18.5. The number of piperazine rings is 1. The maximum absolute atomic E-state index is 13.1. The van der Waals surface area contributed by atoms with Crippen molar-refractivity contribution in [2.45, 2.75) is 0 Å². The highest BCUT2D eigenvalue weighted by molar-refractivity contribution is 6.30. The molecular weight excluding hydrogens is 377 g/mol. The molecule has 0 radical (unpaired) electrons. The van der Waals surface area contributed by atoms with Gasteiger partial charge in [-0.3, -0.25) is 14.9 Å². The molecule has 1 aliphatic rings. The van der Waals surface area contributed by atoms with Crippen molar-refractivity contribution < 1.29 is 18.8 Å². The van der Waals surface area contributed by atoms with Crippen LogP contribution in [0.2, 0.25) is 5.02 Å². The summed E-state index contributed by atoms with van der Waals surface area (Å²) in [6.45, 7) is 1.64. The van der Waals surface area contributed by atoms with Gasteiger partial charge in [0.2, 0.25) is 0 Å². The first-order valence-electron chi connectivity index (χ1n) is 8.29. The zero-order chi connectivity index (χ0) is 19.4. The van der Waals surface area contributed by atoms with E-state index in [4.69, 9.17) is 16.3 Å². The number of nitrogens with zero attached hydrogens (tertiary/aromatic N) is 3. The number of hydrogen-bond donors (Lipinski definition) is 0. The van der Waals surface area contributed by atoms with E-state index in [2.05, 4.69) is 0 Å². The number of nitro benzene ring substituents is 1. The third-order valence-electron chi connectivity index (χ3n) is 4.30. The van der Waals surface area contributed by atoms with Crippen LogP contribution in [0.15, 0.2) is 42.5 Å². The summed E-state index contributed by atoms with van der Waals surface area (Å²) in [7, 11) is 0. The van der Waals surface area contributed by atoms with E-state index < -0.39 is 10.7 Å². The van der Waals surface area contributed by atoms with Crippen molar-refractivity contribution in [1.82, 2.24) is 4.90 Å². The summed E-state index contributed by atoms with van der Waals surface area (Å²) in [5.41, 5.74) is 0.598. The van der Waals surface area contributed by atoms with Crippen LogP contribution in [-0.4, -0.2) is 48.5 Å². The van der Waals surface area contributed by atoms with Crippen LogP contribution in [0.25, 0.3) is 0 Å². The quantitative estimate of drug-likeness (QED) is 0.576. The summed E-state index contributed by atoms with van der Waals surface area (Å²) >= 11 is 5.68. The Hall–Kier alpha value is -2.87. The lowest BCUT2D eigenvalue weighted by Gasteiger charge is -2.35. The number of benzene rings is 2. The average Bonchev–Trinajstić information content (AvgIpc) is 2.68. The van der Waals surface area contributed by atoms with E-state index in [0.717, 1.165) is 0 Å². The molecule has 9 heteroatoms. The molecule has 7 nitrogen and oxygen atoms in total. The zero-order valence-corrected chi connectivity index (χ0v) is 15.1. The van der Waals surface area contributed by atoms with Crippen LogP contribution in [0.5, 0.6) is 5.75 Å². The molecule has 0 aliphatic carbocycles. The third kappa shape index (κ3) is 4.46. The van der Waals surface area contributed by atoms with Gasteiger partial charge in [-0.1, -0.05) is 23.7 Å². The van der Waals surface area contributed by atoms with Gasteiger partial charge in [-0.25, -0.2) is 4.39 Å². The van der Waals surface area contributed by atoms with Gasteiger partial charge in [-0.2, -0.15) is 0 Å². The fourth-order valence-electron chi connectivity index (χ4n) is 2.89.